The molecule has 0 bridgehead atoms. The van der Waals surface area contributed by atoms with Crippen molar-refractivity contribution in [2.45, 2.75) is 40.2 Å². The van der Waals surface area contributed by atoms with Crippen LogP contribution in [0.1, 0.15) is 48.1 Å². The minimum absolute atomic E-state index is 0.183. The Labute approximate surface area is 140 Å². The second-order valence-corrected chi connectivity index (χ2v) is 6.14. The Morgan fingerprint density at radius 3 is 2.67 bits per heavy atom. The number of rotatable bonds is 4. The van der Waals surface area contributed by atoms with Gasteiger partial charge in [0.2, 0.25) is 0 Å². The number of aryl methyl sites for hydroxylation is 3. The second kappa shape index (κ2) is 6.07. The van der Waals surface area contributed by atoms with Gasteiger partial charge in [0.15, 0.2) is 5.65 Å². The number of carbonyl (C=O) groups excluding carboxylic acids is 1. The van der Waals surface area contributed by atoms with E-state index in [1.54, 1.807) is 24.0 Å². The molecule has 0 radical (unpaired) electrons. The SMILES string of the molecule is CCC(C)n1ncc2c(C(=O)Nc3cc(C)nn3C)cc(C)nc21. The zero-order valence-corrected chi connectivity index (χ0v) is 14.7. The molecule has 3 heterocycles. The van der Waals surface area contributed by atoms with E-state index in [0.717, 1.165) is 28.8 Å². The third-order valence-corrected chi connectivity index (χ3v) is 4.19. The van der Waals surface area contributed by atoms with E-state index in [0.29, 0.717) is 11.4 Å². The van der Waals surface area contributed by atoms with Gasteiger partial charge in [-0.2, -0.15) is 10.2 Å². The van der Waals surface area contributed by atoms with Crippen LogP contribution in [0.3, 0.4) is 0 Å². The van der Waals surface area contributed by atoms with Crippen LogP contribution in [-0.4, -0.2) is 30.5 Å². The highest BCUT2D eigenvalue weighted by Crippen LogP contribution is 2.23. The Hall–Kier alpha value is -2.70. The van der Waals surface area contributed by atoms with Crippen LogP contribution in [0.5, 0.6) is 0 Å². The molecule has 0 aliphatic heterocycles. The summed E-state index contributed by atoms with van der Waals surface area (Å²) in [5.74, 6) is 0.478. The van der Waals surface area contributed by atoms with Crippen LogP contribution in [0.2, 0.25) is 0 Å². The number of anilines is 1. The number of nitrogens with zero attached hydrogens (tertiary/aromatic N) is 5. The van der Waals surface area contributed by atoms with Gasteiger partial charge in [0.1, 0.15) is 5.82 Å². The molecule has 7 nitrogen and oxygen atoms in total. The van der Waals surface area contributed by atoms with E-state index >= 15 is 0 Å². The highest BCUT2D eigenvalue weighted by molar-refractivity contribution is 6.11. The zero-order valence-electron chi connectivity index (χ0n) is 14.7. The van der Waals surface area contributed by atoms with Crippen molar-refractivity contribution in [1.82, 2.24) is 24.5 Å². The Morgan fingerprint density at radius 2 is 2.04 bits per heavy atom. The van der Waals surface area contributed by atoms with Crippen LogP contribution in [0.15, 0.2) is 18.3 Å². The Morgan fingerprint density at radius 1 is 1.29 bits per heavy atom. The highest BCUT2D eigenvalue weighted by atomic mass is 16.1. The molecule has 0 aliphatic rings. The number of pyridine rings is 1. The van der Waals surface area contributed by atoms with Crippen molar-refractivity contribution in [2.75, 3.05) is 5.32 Å². The van der Waals surface area contributed by atoms with E-state index in [4.69, 9.17) is 0 Å². The van der Waals surface area contributed by atoms with E-state index in [1.807, 2.05) is 24.6 Å². The molecular formula is C17H22N6O. The maximum atomic E-state index is 12.8. The van der Waals surface area contributed by atoms with Gasteiger partial charge in [0, 0.05) is 18.8 Å². The normalized spacial score (nSPS) is 12.5. The van der Waals surface area contributed by atoms with Gasteiger partial charge in [-0.3, -0.25) is 9.48 Å². The lowest BCUT2D eigenvalue weighted by molar-refractivity contribution is 0.102. The van der Waals surface area contributed by atoms with Gasteiger partial charge in [-0.1, -0.05) is 6.92 Å². The van der Waals surface area contributed by atoms with Gasteiger partial charge >= 0.3 is 0 Å². The first-order valence-electron chi connectivity index (χ1n) is 8.07. The first kappa shape index (κ1) is 16.2. The number of hydrogen-bond donors (Lipinski definition) is 1. The summed E-state index contributed by atoms with van der Waals surface area (Å²) < 4.78 is 3.54. The molecule has 1 unspecified atom stereocenters. The molecule has 1 N–H and O–H groups in total. The fraction of sp³-hybridized carbons (Fsp3) is 0.412. The average Bonchev–Trinajstić information content (AvgIpc) is 3.08. The Balaban J connectivity index is 2.04. The van der Waals surface area contributed by atoms with E-state index in [9.17, 15) is 4.79 Å². The second-order valence-electron chi connectivity index (χ2n) is 6.14. The molecule has 0 aliphatic carbocycles. The van der Waals surface area contributed by atoms with Crippen molar-refractivity contribution in [3.05, 3.63) is 35.3 Å². The van der Waals surface area contributed by atoms with Gasteiger partial charge in [-0.25, -0.2) is 9.67 Å². The predicted molar refractivity (Wildman–Crippen MR) is 93.2 cm³/mol. The fourth-order valence-corrected chi connectivity index (χ4v) is 2.74. The first-order chi connectivity index (χ1) is 11.4. The quantitative estimate of drug-likeness (QED) is 0.799. The van der Waals surface area contributed by atoms with E-state index < -0.39 is 0 Å². The molecule has 126 valence electrons. The molecule has 0 fully saturated rings. The van der Waals surface area contributed by atoms with Crippen LogP contribution < -0.4 is 5.32 Å². The summed E-state index contributed by atoms with van der Waals surface area (Å²) >= 11 is 0. The summed E-state index contributed by atoms with van der Waals surface area (Å²) in [4.78, 5) is 17.4. The molecule has 24 heavy (non-hydrogen) atoms. The molecule has 3 rings (SSSR count). The molecule has 0 aromatic carbocycles. The maximum absolute atomic E-state index is 12.8. The van der Waals surface area contributed by atoms with Gasteiger partial charge < -0.3 is 5.32 Å². The number of aromatic nitrogens is 5. The standard InChI is InChI=1S/C17H22N6O/c1-6-12(4)23-16-14(9-18-23)13(7-10(2)19-16)17(24)20-15-8-11(3)21-22(15)5/h7-9,12H,6H2,1-5H3,(H,20,24). The molecule has 0 saturated heterocycles. The largest absolute Gasteiger partial charge is 0.307 e. The van der Waals surface area contributed by atoms with Crippen LogP contribution in [0.25, 0.3) is 11.0 Å². The summed E-state index contributed by atoms with van der Waals surface area (Å²) in [7, 11) is 1.80. The predicted octanol–water partition coefficient (Wildman–Crippen LogP) is 3.00. The number of amides is 1. The van der Waals surface area contributed by atoms with Crippen molar-refractivity contribution in [1.29, 1.82) is 0 Å². The molecule has 0 spiro atoms. The van der Waals surface area contributed by atoms with Gasteiger partial charge in [-0.15, -0.1) is 0 Å². The third kappa shape index (κ3) is 2.77. The van der Waals surface area contributed by atoms with Crippen molar-refractivity contribution in [3.8, 4) is 0 Å². The summed E-state index contributed by atoms with van der Waals surface area (Å²) in [5, 5.41) is 12.4. The molecule has 1 amide bonds. The van der Waals surface area contributed by atoms with Gasteiger partial charge in [-0.05, 0) is 33.3 Å². The van der Waals surface area contributed by atoms with Crippen molar-refractivity contribution in [3.63, 3.8) is 0 Å². The van der Waals surface area contributed by atoms with Gasteiger partial charge in [0.25, 0.3) is 5.91 Å². The zero-order chi connectivity index (χ0) is 17.4. The van der Waals surface area contributed by atoms with E-state index in [2.05, 4.69) is 34.3 Å². The minimum atomic E-state index is -0.183. The first-order valence-corrected chi connectivity index (χ1v) is 8.07. The van der Waals surface area contributed by atoms with Crippen molar-refractivity contribution in [2.24, 2.45) is 7.05 Å². The molecule has 7 heteroatoms. The van der Waals surface area contributed by atoms with E-state index in [-0.39, 0.29) is 11.9 Å². The van der Waals surface area contributed by atoms with Crippen LogP contribution in [-0.2, 0) is 7.05 Å². The third-order valence-electron chi connectivity index (χ3n) is 4.19. The average molecular weight is 326 g/mol. The summed E-state index contributed by atoms with van der Waals surface area (Å²) in [6.07, 6.45) is 2.67. The van der Waals surface area contributed by atoms with Crippen LogP contribution in [0.4, 0.5) is 5.82 Å². The lowest BCUT2D eigenvalue weighted by atomic mass is 10.1. The molecular weight excluding hydrogens is 304 g/mol. The van der Waals surface area contributed by atoms with Crippen molar-refractivity contribution >= 4 is 22.8 Å². The lowest BCUT2D eigenvalue weighted by Gasteiger charge is -2.11. The number of hydrogen-bond acceptors (Lipinski definition) is 4. The maximum Gasteiger partial charge on any atom is 0.257 e. The summed E-state index contributed by atoms with van der Waals surface area (Å²) in [6, 6.07) is 3.86. The number of nitrogens with one attached hydrogen (secondary N) is 1. The Bertz CT molecular complexity index is 907. The molecule has 0 saturated carbocycles. The topological polar surface area (TPSA) is 77.6 Å². The van der Waals surface area contributed by atoms with E-state index in [1.165, 1.54) is 0 Å². The number of fused-ring (bicyclic) bond motifs is 1. The van der Waals surface area contributed by atoms with Gasteiger partial charge in [0.05, 0.1) is 28.9 Å². The Kier molecular flexibility index (Phi) is 4.09. The summed E-state index contributed by atoms with van der Waals surface area (Å²) in [5.41, 5.74) is 2.97. The monoisotopic (exact) mass is 326 g/mol. The fourth-order valence-electron chi connectivity index (χ4n) is 2.74. The molecule has 3 aromatic rings. The molecule has 1 atom stereocenters. The van der Waals surface area contributed by atoms with Crippen LogP contribution in [0, 0.1) is 13.8 Å². The van der Waals surface area contributed by atoms with Crippen LogP contribution >= 0.6 is 0 Å². The van der Waals surface area contributed by atoms with Crippen molar-refractivity contribution < 1.29 is 4.79 Å². The lowest BCUT2D eigenvalue weighted by Crippen LogP contribution is -2.15. The number of carbonyl (C=O) groups is 1. The smallest absolute Gasteiger partial charge is 0.257 e. The highest BCUT2D eigenvalue weighted by Gasteiger charge is 2.18. The molecule has 3 aromatic heterocycles. The summed E-state index contributed by atoms with van der Waals surface area (Å²) in [6.45, 7) is 7.97. The minimum Gasteiger partial charge on any atom is -0.307 e.